The number of anilines is 3. The molecule has 6 nitrogen and oxygen atoms in total. The number of ether oxygens (including phenoxy) is 1. The van der Waals surface area contributed by atoms with Gasteiger partial charge in [0.15, 0.2) is 0 Å². The molecular formula is C23H32N4O2. The Morgan fingerprint density at radius 1 is 1.00 bits per heavy atom. The zero-order valence-corrected chi connectivity index (χ0v) is 17.7. The molecule has 0 radical (unpaired) electrons. The summed E-state index contributed by atoms with van der Waals surface area (Å²) in [5.41, 5.74) is 3.27. The van der Waals surface area contributed by atoms with Crippen molar-refractivity contribution in [3.8, 4) is 5.75 Å². The second kappa shape index (κ2) is 10.0. The highest BCUT2D eigenvalue weighted by atomic mass is 16.5. The molecule has 1 N–H and O–H groups in total. The number of rotatable bonds is 8. The van der Waals surface area contributed by atoms with E-state index in [2.05, 4.69) is 47.2 Å². The minimum absolute atomic E-state index is 0.137. The third-order valence-electron chi connectivity index (χ3n) is 5.50. The van der Waals surface area contributed by atoms with E-state index in [9.17, 15) is 4.79 Å². The molecule has 2 aromatic rings. The number of nitrogens with zero attached hydrogens (tertiary/aromatic N) is 3. The number of hydrogen-bond acceptors (Lipinski definition) is 5. The van der Waals surface area contributed by atoms with Gasteiger partial charge in [0.25, 0.3) is 0 Å². The number of piperazine rings is 1. The van der Waals surface area contributed by atoms with Crippen LogP contribution in [0.25, 0.3) is 0 Å². The van der Waals surface area contributed by atoms with E-state index in [4.69, 9.17) is 4.74 Å². The van der Waals surface area contributed by atoms with Crippen molar-refractivity contribution in [3.63, 3.8) is 0 Å². The van der Waals surface area contributed by atoms with E-state index < -0.39 is 0 Å². The lowest BCUT2D eigenvalue weighted by molar-refractivity contribution is -0.129. The molecule has 1 saturated heterocycles. The summed E-state index contributed by atoms with van der Waals surface area (Å²) in [5.74, 6) is 1.01. The Kier molecular flexibility index (Phi) is 7.22. The van der Waals surface area contributed by atoms with Crippen molar-refractivity contribution in [1.82, 2.24) is 4.90 Å². The quantitative estimate of drug-likeness (QED) is 0.742. The van der Waals surface area contributed by atoms with Crippen LogP contribution in [-0.2, 0) is 4.79 Å². The molecule has 0 spiro atoms. The van der Waals surface area contributed by atoms with Crippen molar-refractivity contribution in [2.24, 2.45) is 0 Å². The number of para-hydroxylation sites is 2. The van der Waals surface area contributed by atoms with E-state index >= 15 is 0 Å². The summed E-state index contributed by atoms with van der Waals surface area (Å²) in [6, 6.07) is 16.3. The van der Waals surface area contributed by atoms with Gasteiger partial charge in [-0.1, -0.05) is 12.1 Å². The molecule has 0 bridgehead atoms. The molecular weight excluding hydrogens is 364 g/mol. The Balaban J connectivity index is 1.49. The molecule has 1 fully saturated rings. The molecule has 6 heteroatoms. The summed E-state index contributed by atoms with van der Waals surface area (Å²) in [5, 5.41) is 3.26. The molecule has 1 heterocycles. The van der Waals surface area contributed by atoms with Gasteiger partial charge in [-0.25, -0.2) is 0 Å². The van der Waals surface area contributed by atoms with E-state index in [0.717, 1.165) is 56.4 Å². The molecule has 156 valence electrons. The van der Waals surface area contributed by atoms with Gasteiger partial charge in [-0.15, -0.1) is 0 Å². The number of carbonyl (C=O) groups is 1. The second-order valence-corrected chi connectivity index (χ2v) is 7.11. The zero-order chi connectivity index (χ0) is 20.6. The van der Waals surface area contributed by atoms with E-state index in [1.54, 1.807) is 7.11 Å². The number of benzene rings is 2. The van der Waals surface area contributed by atoms with Crippen LogP contribution in [0.3, 0.4) is 0 Å². The highest BCUT2D eigenvalue weighted by Crippen LogP contribution is 2.28. The summed E-state index contributed by atoms with van der Waals surface area (Å²) in [4.78, 5) is 19.1. The van der Waals surface area contributed by atoms with Crippen LogP contribution in [0.5, 0.6) is 5.75 Å². The van der Waals surface area contributed by atoms with Gasteiger partial charge in [-0.2, -0.15) is 0 Å². The van der Waals surface area contributed by atoms with E-state index in [-0.39, 0.29) is 5.91 Å². The summed E-state index contributed by atoms with van der Waals surface area (Å²) in [6.45, 7) is 9.67. The molecule has 1 amide bonds. The van der Waals surface area contributed by atoms with Gasteiger partial charge in [0.1, 0.15) is 5.75 Å². The maximum Gasteiger partial charge on any atom is 0.241 e. The third-order valence-corrected chi connectivity index (χ3v) is 5.50. The van der Waals surface area contributed by atoms with Gasteiger partial charge in [-0.3, -0.25) is 4.79 Å². The van der Waals surface area contributed by atoms with Gasteiger partial charge in [0, 0.05) is 50.6 Å². The average molecular weight is 397 g/mol. The van der Waals surface area contributed by atoms with Crippen LogP contribution >= 0.6 is 0 Å². The van der Waals surface area contributed by atoms with E-state index in [1.807, 2.05) is 35.2 Å². The maximum absolute atomic E-state index is 12.6. The molecule has 0 aliphatic carbocycles. The summed E-state index contributed by atoms with van der Waals surface area (Å²) in [7, 11) is 1.69. The van der Waals surface area contributed by atoms with Crippen molar-refractivity contribution >= 4 is 23.0 Å². The van der Waals surface area contributed by atoms with Gasteiger partial charge in [0.05, 0.1) is 19.3 Å². The Hall–Kier alpha value is -2.89. The second-order valence-electron chi connectivity index (χ2n) is 7.11. The average Bonchev–Trinajstić information content (AvgIpc) is 2.79. The fraction of sp³-hybridized carbons (Fsp3) is 0.435. The molecule has 29 heavy (non-hydrogen) atoms. The first kappa shape index (κ1) is 20.8. The number of carbonyl (C=O) groups excluding carboxylic acids is 1. The van der Waals surface area contributed by atoms with E-state index in [0.29, 0.717) is 6.54 Å². The SMILES string of the molecule is CCN(CC)c1ccc(NCC(=O)N2CCN(c3ccccc3OC)CC2)cc1. The molecule has 2 aromatic carbocycles. The third kappa shape index (κ3) is 5.13. The van der Waals surface area contributed by atoms with Crippen molar-refractivity contribution in [3.05, 3.63) is 48.5 Å². The lowest BCUT2D eigenvalue weighted by Crippen LogP contribution is -2.50. The van der Waals surface area contributed by atoms with Gasteiger partial charge >= 0.3 is 0 Å². The molecule has 0 atom stereocenters. The predicted octanol–water partition coefficient (Wildman–Crippen LogP) is 3.30. The molecule has 0 unspecified atom stereocenters. The molecule has 1 aliphatic rings. The Labute approximate surface area is 174 Å². The summed E-state index contributed by atoms with van der Waals surface area (Å²) in [6.07, 6.45) is 0. The minimum Gasteiger partial charge on any atom is -0.495 e. The first-order valence-electron chi connectivity index (χ1n) is 10.4. The zero-order valence-electron chi connectivity index (χ0n) is 17.7. The van der Waals surface area contributed by atoms with Crippen LogP contribution in [0, 0.1) is 0 Å². The van der Waals surface area contributed by atoms with Crippen LogP contribution < -0.4 is 19.9 Å². The Morgan fingerprint density at radius 2 is 1.66 bits per heavy atom. The number of methoxy groups -OCH3 is 1. The van der Waals surface area contributed by atoms with Gasteiger partial charge < -0.3 is 24.8 Å². The normalized spacial score (nSPS) is 13.9. The van der Waals surface area contributed by atoms with Crippen molar-refractivity contribution < 1.29 is 9.53 Å². The van der Waals surface area contributed by atoms with Crippen LogP contribution in [-0.4, -0.2) is 63.7 Å². The predicted molar refractivity (Wildman–Crippen MR) is 120 cm³/mol. The first-order chi connectivity index (χ1) is 14.2. The maximum atomic E-state index is 12.6. The summed E-state index contributed by atoms with van der Waals surface area (Å²) >= 11 is 0. The number of amides is 1. The number of hydrogen-bond donors (Lipinski definition) is 1. The van der Waals surface area contributed by atoms with Gasteiger partial charge in [0.2, 0.25) is 5.91 Å². The largest absolute Gasteiger partial charge is 0.495 e. The fourth-order valence-electron chi connectivity index (χ4n) is 3.76. The highest BCUT2D eigenvalue weighted by Gasteiger charge is 2.22. The topological polar surface area (TPSA) is 48.1 Å². The molecule has 0 aromatic heterocycles. The monoisotopic (exact) mass is 396 g/mol. The lowest BCUT2D eigenvalue weighted by Gasteiger charge is -2.36. The molecule has 0 saturated carbocycles. The van der Waals surface area contributed by atoms with Crippen molar-refractivity contribution in [1.29, 1.82) is 0 Å². The molecule has 1 aliphatic heterocycles. The first-order valence-corrected chi connectivity index (χ1v) is 10.4. The lowest BCUT2D eigenvalue weighted by atomic mass is 10.2. The van der Waals surface area contributed by atoms with Gasteiger partial charge in [-0.05, 0) is 50.2 Å². The number of nitrogens with one attached hydrogen (secondary N) is 1. The van der Waals surface area contributed by atoms with Crippen LogP contribution in [0.2, 0.25) is 0 Å². The van der Waals surface area contributed by atoms with E-state index in [1.165, 1.54) is 5.69 Å². The van der Waals surface area contributed by atoms with Crippen molar-refractivity contribution in [2.75, 3.05) is 68.0 Å². The smallest absolute Gasteiger partial charge is 0.241 e. The standard InChI is InChI=1S/C23H32N4O2/c1-4-25(5-2)20-12-10-19(11-13-20)24-18-23(28)27-16-14-26(15-17-27)21-8-6-7-9-22(21)29-3/h6-13,24H,4-5,14-18H2,1-3H3. The summed E-state index contributed by atoms with van der Waals surface area (Å²) < 4.78 is 5.46. The van der Waals surface area contributed by atoms with Crippen LogP contribution in [0.4, 0.5) is 17.1 Å². The minimum atomic E-state index is 0.137. The highest BCUT2D eigenvalue weighted by molar-refractivity contribution is 5.81. The van der Waals surface area contributed by atoms with Crippen LogP contribution in [0.1, 0.15) is 13.8 Å². The fourth-order valence-corrected chi connectivity index (χ4v) is 3.76. The Morgan fingerprint density at radius 3 is 2.28 bits per heavy atom. The van der Waals surface area contributed by atoms with Crippen LogP contribution in [0.15, 0.2) is 48.5 Å². The molecule has 3 rings (SSSR count). The Bertz CT molecular complexity index is 782. The van der Waals surface area contributed by atoms with Crippen molar-refractivity contribution in [2.45, 2.75) is 13.8 Å².